The molecule has 162 valence electrons. The van der Waals surface area contributed by atoms with Crippen LogP contribution in [0.25, 0.3) is 0 Å². The predicted molar refractivity (Wildman–Crippen MR) is 109 cm³/mol. The maximum absolute atomic E-state index is 13.2. The molecule has 0 aliphatic carbocycles. The van der Waals surface area contributed by atoms with Gasteiger partial charge < -0.3 is 10.2 Å². The third-order valence-electron chi connectivity index (χ3n) is 4.47. The standard InChI is InChI=1S/C20H23F2N3O4S/c1-14(20(27)23-2)24(12-15-4-6-16(21)7-5-15)19(26)13-25(30(3,28)29)18-10-8-17(22)9-11-18/h4-11,14H,12-13H2,1-3H3,(H,23,27)/t14-/m1/s1. The van der Waals surface area contributed by atoms with Gasteiger partial charge in [-0.3, -0.25) is 13.9 Å². The summed E-state index contributed by atoms with van der Waals surface area (Å²) in [5.74, 6) is -2.09. The smallest absolute Gasteiger partial charge is 0.244 e. The summed E-state index contributed by atoms with van der Waals surface area (Å²) in [4.78, 5) is 26.4. The normalized spacial score (nSPS) is 12.2. The van der Waals surface area contributed by atoms with Gasteiger partial charge in [-0.25, -0.2) is 17.2 Å². The molecule has 0 saturated heterocycles. The Kier molecular flexibility index (Phi) is 7.49. The number of hydrogen-bond donors (Lipinski definition) is 1. The van der Waals surface area contributed by atoms with Gasteiger partial charge in [0.2, 0.25) is 21.8 Å². The Labute approximate surface area is 174 Å². The molecule has 0 saturated carbocycles. The van der Waals surface area contributed by atoms with Gasteiger partial charge >= 0.3 is 0 Å². The van der Waals surface area contributed by atoms with E-state index in [1.807, 2.05) is 0 Å². The maximum atomic E-state index is 13.2. The first-order valence-corrected chi connectivity index (χ1v) is 10.9. The highest BCUT2D eigenvalue weighted by atomic mass is 32.2. The number of carbonyl (C=O) groups excluding carboxylic acids is 2. The number of hydrogen-bond acceptors (Lipinski definition) is 4. The largest absolute Gasteiger partial charge is 0.357 e. The number of nitrogens with one attached hydrogen (secondary N) is 1. The fourth-order valence-electron chi connectivity index (χ4n) is 2.80. The minimum Gasteiger partial charge on any atom is -0.357 e. The lowest BCUT2D eigenvalue weighted by Crippen LogP contribution is -2.50. The van der Waals surface area contributed by atoms with Gasteiger partial charge in [-0.05, 0) is 48.9 Å². The van der Waals surface area contributed by atoms with Crippen molar-refractivity contribution in [3.8, 4) is 0 Å². The molecule has 1 atom stereocenters. The van der Waals surface area contributed by atoms with Gasteiger partial charge in [-0.15, -0.1) is 0 Å². The average molecular weight is 439 g/mol. The molecule has 2 aromatic rings. The van der Waals surface area contributed by atoms with E-state index in [2.05, 4.69) is 5.32 Å². The molecule has 0 aliphatic heterocycles. The number of benzene rings is 2. The highest BCUT2D eigenvalue weighted by Gasteiger charge is 2.29. The molecule has 0 bridgehead atoms. The Morgan fingerprint density at radius 1 is 1.00 bits per heavy atom. The molecule has 10 heteroatoms. The van der Waals surface area contributed by atoms with Crippen LogP contribution >= 0.6 is 0 Å². The van der Waals surface area contributed by atoms with Crippen molar-refractivity contribution in [1.29, 1.82) is 0 Å². The van der Waals surface area contributed by atoms with Gasteiger partial charge in [0, 0.05) is 13.6 Å². The van der Waals surface area contributed by atoms with Crippen molar-refractivity contribution in [1.82, 2.24) is 10.2 Å². The predicted octanol–water partition coefficient (Wildman–Crippen LogP) is 1.89. The molecule has 0 unspecified atom stereocenters. The minimum absolute atomic E-state index is 0.0330. The van der Waals surface area contributed by atoms with Crippen LogP contribution in [0.15, 0.2) is 48.5 Å². The first kappa shape index (κ1) is 23.3. The number of rotatable bonds is 8. The Bertz CT molecular complexity index is 996. The van der Waals surface area contributed by atoms with E-state index < -0.39 is 46.1 Å². The van der Waals surface area contributed by atoms with E-state index in [9.17, 15) is 26.8 Å². The maximum Gasteiger partial charge on any atom is 0.244 e. The Hall–Kier alpha value is -3.01. The minimum atomic E-state index is -3.88. The molecule has 0 aliphatic rings. The number of amides is 2. The number of anilines is 1. The first-order valence-electron chi connectivity index (χ1n) is 9.01. The van der Waals surface area contributed by atoms with E-state index in [0.29, 0.717) is 5.56 Å². The lowest BCUT2D eigenvalue weighted by molar-refractivity contribution is -0.139. The summed E-state index contributed by atoms with van der Waals surface area (Å²) in [6.07, 6.45) is 0.927. The molecule has 1 N–H and O–H groups in total. The van der Waals surface area contributed by atoms with E-state index in [1.54, 1.807) is 0 Å². The van der Waals surface area contributed by atoms with Crippen molar-refractivity contribution in [2.24, 2.45) is 0 Å². The summed E-state index contributed by atoms with van der Waals surface area (Å²) in [5, 5.41) is 2.45. The number of halogens is 2. The molecule has 30 heavy (non-hydrogen) atoms. The van der Waals surface area contributed by atoms with Gasteiger partial charge in [0.05, 0.1) is 11.9 Å². The van der Waals surface area contributed by atoms with E-state index in [1.165, 1.54) is 55.3 Å². The lowest BCUT2D eigenvalue weighted by atomic mass is 10.1. The van der Waals surface area contributed by atoms with Gasteiger partial charge in [-0.1, -0.05) is 12.1 Å². The quantitative estimate of drug-likeness (QED) is 0.681. The Morgan fingerprint density at radius 2 is 1.50 bits per heavy atom. The molecule has 0 fully saturated rings. The van der Waals surface area contributed by atoms with Crippen LogP contribution in [0.1, 0.15) is 12.5 Å². The van der Waals surface area contributed by atoms with Crippen molar-refractivity contribution in [3.05, 3.63) is 65.7 Å². The Morgan fingerprint density at radius 3 is 1.97 bits per heavy atom. The molecule has 0 heterocycles. The van der Waals surface area contributed by atoms with E-state index in [-0.39, 0.29) is 12.2 Å². The van der Waals surface area contributed by atoms with E-state index >= 15 is 0 Å². The lowest BCUT2D eigenvalue weighted by Gasteiger charge is -2.31. The topological polar surface area (TPSA) is 86.8 Å². The van der Waals surface area contributed by atoms with Crippen molar-refractivity contribution < 1.29 is 26.8 Å². The van der Waals surface area contributed by atoms with Crippen LogP contribution in [-0.2, 0) is 26.2 Å². The molecule has 7 nitrogen and oxygen atoms in total. The fraction of sp³-hybridized carbons (Fsp3) is 0.300. The highest BCUT2D eigenvalue weighted by molar-refractivity contribution is 7.92. The second-order valence-electron chi connectivity index (χ2n) is 6.68. The molecule has 0 spiro atoms. The summed E-state index contributed by atoms with van der Waals surface area (Å²) in [5.41, 5.74) is 0.676. The average Bonchev–Trinajstić information content (AvgIpc) is 2.70. The molecule has 0 radical (unpaired) electrons. The van der Waals surface area contributed by atoms with Crippen molar-refractivity contribution in [2.45, 2.75) is 19.5 Å². The molecule has 2 amide bonds. The number of likely N-dealkylation sites (N-methyl/N-ethyl adjacent to an activating group) is 1. The second-order valence-corrected chi connectivity index (χ2v) is 8.59. The zero-order valence-electron chi connectivity index (χ0n) is 16.8. The number of sulfonamides is 1. The molecular formula is C20H23F2N3O4S. The third kappa shape index (κ3) is 5.99. The molecular weight excluding hydrogens is 416 g/mol. The summed E-state index contributed by atoms with van der Waals surface area (Å²) >= 11 is 0. The summed E-state index contributed by atoms with van der Waals surface area (Å²) in [7, 11) is -2.46. The van der Waals surface area contributed by atoms with Crippen LogP contribution < -0.4 is 9.62 Å². The summed E-state index contributed by atoms with van der Waals surface area (Å²) in [6.45, 7) is 0.880. The monoisotopic (exact) mass is 439 g/mol. The van der Waals surface area contributed by atoms with Gasteiger partial charge in [0.25, 0.3) is 0 Å². The third-order valence-corrected chi connectivity index (χ3v) is 5.61. The number of nitrogens with zero attached hydrogens (tertiary/aromatic N) is 2. The summed E-state index contributed by atoms with van der Waals surface area (Å²) in [6, 6.07) is 9.14. The SMILES string of the molecule is CNC(=O)[C@@H](C)N(Cc1ccc(F)cc1)C(=O)CN(c1ccc(F)cc1)S(C)(=O)=O. The molecule has 2 rings (SSSR count). The first-order chi connectivity index (χ1) is 14.0. The van der Waals surface area contributed by atoms with Crippen LogP contribution in [0.3, 0.4) is 0 Å². The van der Waals surface area contributed by atoms with Crippen LogP contribution in [0, 0.1) is 11.6 Å². The van der Waals surface area contributed by atoms with Crippen LogP contribution in [0.5, 0.6) is 0 Å². The van der Waals surface area contributed by atoms with Gasteiger partial charge in [0.15, 0.2) is 0 Å². The Balaban J connectivity index is 2.35. The zero-order chi connectivity index (χ0) is 22.5. The summed E-state index contributed by atoms with van der Waals surface area (Å²) < 4.78 is 51.8. The van der Waals surface area contributed by atoms with Crippen molar-refractivity contribution in [2.75, 3.05) is 24.2 Å². The van der Waals surface area contributed by atoms with Crippen LogP contribution in [0.2, 0.25) is 0 Å². The zero-order valence-corrected chi connectivity index (χ0v) is 17.6. The highest BCUT2D eigenvalue weighted by Crippen LogP contribution is 2.19. The van der Waals surface area contributed by atoms with E-state index in [0.717, 1.165) is 22.7 Å². The molecule has 0 aromatic heterocycles. The van der Waals surface area contributed by atoms with Gasteiger partial charge in [-0.2, -0.15) is 0 Å². The van der Waals surface area contributed by atoms with Crippen molar-refractivity contribution >= 4 is 27.5 Å². The van der Waals surface area contributed by atoms with Crippen LogP contribution in [0.4, 0.5) is 14.5 Å². The molecule has 2 aromatic carbocycles. The second kappa shape index (κ2) is 9.66. The number of carbonyl (C=O) groups is 2. The van der Waals surface area contributed by atoms with Gasteiger partial charge in [0.1, 0.15) is 24.2 Å². The van der Waals surface area contributed by atoms with E-state index in [4.69, 9.17) is 0 Å². The fourth-order valence-corrected chi connectivity index (χ4v) is 3.65. The van der Waals surface area contributed by atoms with Crippen LogP contribution in [-0.4, -0.2) is 51.0 Å². The van der Waals surface area contributed by atoms with Crippen molar-refractivity contribution in [3.63, 3.8) is 0 Å².